The van der Waals surface area contributed by atoms with Gasteiger partial charge in [-0.1, -0.05) is 20.8 Å². The first-order valence-corrected chi connectivity index (χ1v) is 7.67. The molecule has 0 aromatic carbocycles. The van der Waals surface area contributed by atoms with Crippen molar-refractivity contribution in [1.82, 2.24) is 4.90 Å². The molecule has 0 bridgehead atoms. The fraction of sp³-hybridized carbons (Fsp3) is 1.00. The van der Waals surface area contributed by atoms with Gasteiger partial charge in [0.05, 0.1) is 0 Å². The van der Waals surface area contributed by atoms with E-state index in [0.29, 0.717) is 11.3 Å². The summed E-state index contributed by atoms with van der Waals surface area (Å²) in [6, 6.07) is 0. The molecule has 0 spiro atoms. The predicted molar refractivity (Wildman–Crippen MR) is 75.0 cm³/mol. The summed E-state index contributed by atoms with van der Waals surface area (Å²) in [5.74, 6) is 3.30. The SMILES string of the molecule is CC(C)(C)CC(CN)CN1CCCSCC1. The van der Waals surface area contributed by atoms with E-state index in [-0.39, 0.29) is 0 Å². The first-order chi connectivity index (χ1) is 7.51. The van der Waals surface area contributed by atoms with Gasteiger partial charge in [-0.25, -0.2) is 0 Å². The molecule has 1 aliphatic rings. The lowest BCUT2D eigenvalue weighted by atomic mass is 9.84. The Kier molecular flexibility index (Phi) is 6.16. The highest BCUT2D eigenvalue weighted by Gasteiger charge is 2.20. The van der Waals surface area contributed by atoms with E-state index in [0.717, 1.165) is 6.54 Å². The van der Waals surface area contributed by atoms with Crippen molar-refractivity contribution in [1.29, 1.82) is 0 Å². The zero-order valence-corrected chi connectivity index (χ0v) is 12.0. The van der Waals surface area contributed by atoms with Crippen molar-refractivity contribution in [3.05, 3.63) is 0 Å². The van der Waals surface area contributed by atoms with Gasteiger partial charge in [-0.2, -0.15) is 11.8 Å². The first-order valence-electron chi connectivity index (χ1n) is 6.51. The van der Waals surface area contributed by atoms with Gasteiger partial charge in [-0.3, -0.25) is 0 Å². The Balaban J connectivity index is 2.36. The van der Waals surface area contributed by atoms with Crippen LogP contribution in [0, 0.1) is 11.3 Å². The summed E-state index contributed by atoms with van der Waals surface area (Å²) in [4.78, 5) is 2.61. The lowest BCUT2D eigenvalue weighted by Crippen LogP contribution is -2.36. The lowest BCUT2D eigenvalue weighted by Gasteiger charge is -2.30. The Morgan fingerprint density at radius 2 is 2.00 bits per heavy atom. The largest absolute Gasteiger partial charge is 0.330 e. The summed E-state index contributed by atoms with van der Waals surface area (Å²) in [5.41, 5.74) is 6.31. The summed E-state index contributed by atoms with van der Waals surface area (Å²) in [6.45, 7) is 11.5. The Hall–Kier alpha value is 0.270. The van der Waals surface area contributed by atoms with Crippen LogP contribution in [0.4, 0.5) is 0 Å². The maximum Gasteiger partial charge on any atom is 0.00725 e. The van der Waals surface area contributed by atoms with Crippen molar-refractivity contribution in [2.75, 3.05) is 37.7 Å². The summed E-state index contributed by atoms with van der Waals surface area (Å²) >= 11 is 2.09. The van der Waals surface area contributed by atoms with Crippen molar-refractivity contribution < 1.29 is 0 Å². The second kappa shape index (κ2) is 6.87. The van der Waals surface area contributed by atoms with Crippen LogP contribution in [0.1, 0.15) is 33.6 Å². The minimum Gasteiger partial charge on any atom is -0.330 e. The number of hydrogen-bond donors (Lipinski definition) is 1. The zero-order chi connectivity index (χ0) is 12.0. The van der Waals surface area contributed by atoms with E-state index in [1.807, 2.05) is 0 Å². The van der Waals surface area contributed by atoms with Gasteiger partial charge >= 0.3 is 0 Å². The molecule has 2 N–H and O–H groups in total. The molecule has 1 saturated heterocycles. The second-order valence-electron chi connectivity index (χ2n) is 6.13. The third-order valence-electron chi connectivity index (χ3n) is 3.07. The highest BCUT2D eigenvalue weighted by Crippen LogP contribution is 2.25. The molecule has 0 saturated carbocycles. The van der Waals surface area contributed by atoms with Crippen molar-refractivity contribution >= 4 is 11.8 Å². The van der Waals surface area contributed by atoms with Crippen molar-refractivity contribution in [3.8, 4) is 0 Å². The maximum atomic E-state index is 5.90. The molecular formula is C13H28N2S. The molecule has 0 aromatic heterocycles. The molecule has 0 aliphatic carbocycles. The van der Waals surface area contributed by atoms with E-state index < -0.39 is 0 Å². The van der Waals surface area contributed by atoms with E-state index >= 15 is 0 Å². The molecule has 2 nitrogen and oxygen atoms in total. The van der Waals surface area contributed by atoms with Crippen LogP contribution in [0.3, 0.4) is 0 Å². The fourth-order valence-corrected chi connectivity index (χ4v) is 3.36. The molecule has 1 unspecified atom stereocenters. The van der Waals surface area contributed by atoms with Crippen LogP contribution in [0.5, 0.6) is 0 Å². The maximum absolute atomic E-state index is 5.90. The van der Waals surface area contributed by atoms with Gasteiger partial charge in [0, 0.05) is 18.8 Å². The number of thioether (sulfide) groups is 1. The monoisotopic (exact) mass is 244 g/mol. The minimum atomic E-state index is 0.407. The average molecular weight is 244 g/mol. The van der Waals surface area contributed by atoms with Gasteiger partial charge < -0.3 is 10.6 Å². The van der Waals surface area contributed by atoms with Crippen LogP contribution in [0.2, 0.25) is 0 Å². The third-order valence-corrected chi connectivity index (χ3v) is 4.11. The summed E-state index contributed by atoms with van der Waals surface area (Å²) in [5, 5.41) is 0. The number of hydrogen-bond acceptors (Lipinski definition) is 3. The lowest BCUT2D eigenvalue weighted by molar-refractivity contribution is 0.204. The van der Waals surface area contributed by atoms with Crippen molar-refractivity contribution in [2.24, 2.45) is 17.1 Å². The molecule has 3 heteroatoms. The van der Waals surface area contributed by atoms with E-state index in [2.05, 4.69) is 37.4 Å². The fourth-order valence-electron chi connectivity index (χ4n) is 2.43. The second-order valence-corrected chi connectivity index (χ2v) is 7.36. The summed E-state index contributed by atoms with van der Waals surface area (Å²) in [7, 11) is 0. The van der Waals surface area contributed by atoms with Crippen LogP contribution in [0.25, 0.3) is 0 Å². The van der Waals surface area contributed by atoms with Crippen LogP contribution in [-0.4, -0.2) is 42.6 Å². The predicted octanol–water partition coefficient (Wildman–Crippen LogP) is 2.44. The molecule has 0 radical (unpaired) electrons. The molecular weight excluding hydrogens is 216 g/mol. The van der Waals surface area contributed by atoms with Crippen molar-refractivity contribution in [3.63, 3.8) is 0 Å². The Bertz CT molecular complexity index is 181. The minimum absolute atomic E-state index is 0.407. The normalized spacial score (nSPS) is 21.8. The third kappa shape index (κ3) is 6.12. The van der Waals surface area contributed by atoms with Gasteiger partial charge in [0.2, 0.25) is 0 Å². The van der Waals surface area contributed by atoms with Crippen LogP contribution >= 0.6 is 11.8 Å². The molecule has 1 aliphatic heterocycles. The highest BCUT2D eigenvalue weighted by molar-refractivity contribution is 7.99. The van der Waals surface area contributed by atoms with Gasteiger partial charge in [-0.05, 0) is 43.0 Å². The van der Waals surface area contributed by atoms with E-state index in [1.165, 1.54) is 44.0 Å². The van der Waals surface area contributed by atoms with Crippen LogP contribution in [-0.2, 0) is 0 Å². The first kappa shape index (κ1) is 14.3. The van der Waals surface area contributed by atoms with Gasteiger partial charge in [-0.15, -0.1) is 0 Å². The highest BCUT2D eigenvalue weighted by atomic mass is 32.2. The molecule has 1 fully saturated rings. The van der Waals surface area contributed by atoms with E-state index in [9.17, 15) is 0 Å². The van der Waals surface area contributed by atoms with E-state index in [1.54, 1.807) is 0 Å². The standard InChI is InChI=1S/C13H28N2S/c1-13(2,3)9-12(10-14)11-15-5-4-7-16-8-6-15/h12H,4-11,14H2,1-3H3. The van der Waals surface area contributed by atoms with E-state index in [4.69, 9.17) is 5.73 Å². The topological polar surface area (TPSA) is 29.3 Å². The smallest absolute Gasteiger partial charge is 0.00725 e. The molecule has 96 valence electrons. The van der Waals surface area contributed by atoms with Crippen LogP contribution in [0.15, 0.2) is 0 Å². The summed E-state index contributed by atoms with van der Waals surface area (Å²) in [6.07, 6.45) is 2.59. The Labute approximate surface area is 105 Å². The number of rotatable bonds is 4. The molecule has 0 amide bonds. The summed E-state index contributed by atoms with van der Waals surface area (Å²) < 4.78 is 0. The quantitative estimate of drug-likeness (QED) is 0.823. The van der Waals surface area contributed by atoms with Crippen molar-refractivity contribution in [2.45, 2.75) is 33.6 Å². The zero-order valence-electron chi connectivity index (χ0n) is 11.2. The molecule has 16 heavy (non-hydrogen) atoms. The van der Waals surface area contributed by atoms with Gasteiger partial charge in [0.15, 0.2) is 0 Å². The molecule has 1 rings (SSSR count). The number of nitrogens with two attached hydrogens (primary N) is 1. The molecule has 1 heterocycles. The number of nitrogens with zero attached hydrogens (tertiary/aromatic N) is 1. The van der Waals surface area contributed by atoms with Gasteiger partial charge in [0.1, 0.15) is 0 Å². The van der Waals surface area contributed by atoms with Gasteiger partial charge in [0.25, 0.3) is 0 Å². The molecule has 0 aromatic rings. The molecule has 1 atom stereocenters. The van der Waals surface area contributed by atoms with Crippen LogP contribution < -0.4 is 5.73 Å². The Morgan fingerprint density at radius 3 is 2.62 bits per heavy atom. The average Bonchev–Trinajstić information content (AvgIpc) is 2.43. The Morgan fingerprint density at radius 1 is 1.25 bits per heavy atom.